The van der Waals surface area contributed by atoms with E-state index in [2.05, 4.69) is 27.0 Å². The standard InChI is InChI=1S/C13H18N2O2S/c16-13-11-1-4-15(7-10-2-6-18-9-10)8-12(11)17-5-3-14-13/h2,6,9,11-12H,1,3-5,7-8H2,(H,14,16)/t11-,12+/m1/s1. The number of rotatable bonds is 2. The predicted molar refractivity (Wildman–Crippen MR) is 70.5 cm³/mol. The Balaban J connectivity index is 1.63. The van der Waals surface area contributed by atoms with Gasteiger partial charge in [-0.2, -0.15) is 11.3 Å². The first-order valence-corrected chi connectivity index (χ1v) is 7.40. The molecule has 0 aliphatic carbocycles. The molecule has 1 amide bonds. The zero-order valence-corrected chi connectivity index (χ0v) is 11.1. The molecule has 4 nitrogen and oxygen atoms in total. The second-order valence-electron chi connectivity index (χ2n) is 4.96. The number of amides is 1. The van der Waals surface area contributed by atoms with Crippen molar-refractivity contribution in [1.82, 2.24) is 10.2 Å². The Hall–Kier alpha value is -0.910. The third kappa shape index (κ3) is 2.58. The van der Waals surface area contributed by atoms with Gasteiger partial charge in [-0.15, -0.1) is 0 Å². The van der Waals surface area contributed by atoms with E-state index in [4.69, 9.17) is 4.74 Å². The molecule has 2 aliphatic rings. The molecule has 0 spiro atoms. The molecule has 3 rings (SSSR count). The Kier molecular flexibility index (Phi) is 3.63. The van der Waals surface area contributed by atoms with E-state index in [1.807, 2.05) is 0 Å². The Bertz CT molecular complexity index is 407. The number of ether oxygens (including phenoxy) is 1. The minimum atomic E-state index is 0.0474. The van der Waals surface area contributed by atoms with Crippen molar-refractivity contribution in [3.05, 3.63) is 22.4 Å². The fraction of sp³-hybridized carbons (Fsp3) is 0.615. The molecule has 98 valence electrons. The van der Waals surface area contributed by atoms with Crippen molar-refractivity contribution in [2.24, 2.45) is 5.92 Å². The van der Waals surface area contributed by atoms with Crippen molar-refractivity contribution < 1.29 is 9.53 Å². The fourth-order valence-electron chi connectivity index (χ4n) is 2.75. The van der Waals surface area contributed by atoms with Gasteiger partial charge in [-0.25, -0.2) is 0 Å². The van der Waals surface area contributed by atoms with Crippen molar-refractivity contribution >= 4 is 17.2 Å². The van der Waals surface area contributed by atoms with Crippen LogP contribution in [0, 0.1) is 5.92 Å². The Morgan fingerprint density at radius 3 is 3.33 bits per heavy atom. The number of fused-ring (bicyclic) bond motifs is 1. The average molecular weight is 266 g/mol. The maximum absolute atomic E-state index is 11.9. The summed E-state index contributed by atoms with van der Waals surface area (Å²) in [6.45, 7) is 4.11. The summed E-state index contributed by atoms with van der Waals surface area (Å²) in [6.07, 6.45) is 0.973. The lowest BCUT2D eigenvalue weighted by atomic mass is 9.93. The summed E-state index contributed by atoms with van der Waals surface area (Å²) in [4.78, 5) is 14.3. The van der Waals surface area contributed by atoms with Crippen LogP contribution < -0.4 is 5.32 Å². The molecular formula is C13H18N2O2S. The monoisotopic (exact) mass is 266 g/mol. The van der Waals surface area contributed by atoms with Gasteiger partial charge < -0.3 is 10.1 Å². The quantitative estimate of drug-likeness (QED) is 0.871. The summed E-state index contributed by atoms with van der Waals surface area (Å²) in [7, 11) is 0. The number of piperidine rings is 1. The van der Waals surface area contributed by atoms with Gasteiger partial charge in [-0.3, -0.25) is 9.69 Å². The van der Waals surface area contributed by atoms with E-state index in [-0.39, 0.29) is 17.9 Å². The predicted octanol–water partition coefficient (Wildman–Crippen LogP) is 1.08. The minimum Gasteiger partial charge on any atom is -0.374 e. The number of thiophene rings is 1. The molecule has 0 bridgehead atoms. The van der Waals surface area contributed by atoms with Gasteiger partial charge in [0.1, 0.15) is 0 Å². The Morgan fingerprint density at radius 1 is 1.56 bits per heavy atom. The van der Waals surface area contributed by atoms with E-state index in [0.717, 1.165) is 26.1 Å². The smallest absolute Gasteiger partial charge is 0.225 e. The topological polar surface area (TPSA) is 41.6 Å². The highest BCUT2D eigenvalue weighted by molar-refractivity contribution is 7.07. The van der Waals surface area contributed by atoms with Crippen LogP contribution in [0.25, 0.3) is 0 Å². The SMILES string of the molecule is O=C1NCCO[C@H]2CN(Cc3ccsc3)CC[C@@H]12. The molecule has 0 saturated carbocycles. The molecule has 2 saturated heterocycles. The van der Waals surface area contributed by atoms with Crippen LogP contribution in [-0.4, -0.2) is 43.2 Å². The zero-order chi connectivity index (χ0) is 12.4. The van der Waals surface area contributed by atoms with E-state index in [1.54, 1.807) is 11.3 Å². The van der Waals surface area contributed by atoms with E-state index >= 15 is 0 Å². The molecule has 1 N–H and O–H groups in total. The zero-order valence-electron chi connectivity index (χ0n) is 10.3. The van der Waals surface area contributed by atoms with Crippen LogP contribution in [-0.2, 0) is 16.1 Å². The van der Waals surface area contributed by atoms with Gasteiger partial charge in [0.2, 0.25) is 5.91 Å². The molecule has 3 heterocycles. The molecule has 18 heavy (non-hydrogen) atoms. The third-order valence-corrected chi connectivity index (χ3v) is 4.43. The summed E-state index contributed by atoms with van der Waals surface area (Å²) in [5.74, 6) is 0.221. The molecule has 2 atom stereocenters. The molecule has 0 radical (unpaired) electrons. The maximum Gasteiger partial charge on any atom is 0.225 e. The number of hydrogen-bond donors (Lipinski definition) is 1. The minimum absolute atomic E-state index is 0.0474. The molecule has 5 heteroatoms. The Morgan fingerprint density at radius 2 is 2.50 bits per heavy atom. The normalized spacial score (nSPS) is 29.4. The van der Waals surface area contributed by atoms with Gasteiger partial charge >= 0.3 is 0 Å². The van der Waals surface area contributed by atoms with Crippen LogP contribution in [0.15, 0.2) is 16.8 Å². The largest absolute Gasteiger partial charge is 0.374 e. The van der Waals surface area contributed by atoms with E-state index in [1.165, 1.54) is 5.56 Å². The van der Waals surface area contributed by atoms with Gasteiger partial charge in [0.25, 0.3) is 0 Å². The molecular weight excluding hydrogens is 248 g/mol. The van der Waals surface area contributed by atoms with Crippen LogP contribution in [0.5, 0.6) is 0 Å². The first kappa shape index (κ1) is 12.1. The van der Waals surface area contributed by atoms with Crippen molar-refractivity contribution in [2.75, 3.05) is 26.2 Å². The highest BCUT2D eigenvalue weighted by Gasteiger charge is 2.36. The number of hydrogen-bond acceptors (Lipinski definition) is 4. The second kappa shape index (κ2) is 5.38. The summed E-state index contributed by atoms with van der Waals surface area (Å²) in [5.41, 5.74) is 1.36. The van der Waals surface area contributed by atoms with Gasteiger partial charge in [0.15, 0.2) is 0 Å². The van der Waals surface area contributed by atoms with E-state index in [0.29, 0.717) is 13.2 Å². The molecule has 0 aromatic carbocycles. The molecule has 1 aromatic heterocycles. The number of nitrogens with zero attached hydrogens (tertiary/aromatic N) is 1. The van der Waals surface area contributed by atoms with E-state index in [9.17, 15) is 4.79 Å². The summed E-state index contributed by atoms with van der Waals surface area (Å²) in [6, 6.07) is 2.16. The number of likely N-dealkylation sites (tertiary alicyclic amines) is 1. The second-order valence-corrected chi connectivity index (χ2v) is 5.74. The van der Waals surface area contributed by atoms with Crippen molar-refractivity contribution in [1.29, 1.82) is 0 Å². The molecule has 2 aliphatic heterocycles. The number of carbonyl (C=O) groups is 1. The van der Waals surface area contributed by atoms with Gasteiger partial charge in [-0.05, 0) is 35.4 Å². The fourth-order valence-corrected chi connectivity index (χ4v) is 3.41. The van der Waals surface area contributed by atoms with Crippen LogP contribution in [0.3, 0.4) is 0 Å². The number of carbonyl (C=O) groups excluding carboxylic acids is 1. The highest BCUT2D eigenvalue weighted by Crippen LogP contribution is 2.23. The lowest BCUT2D eigenvalue weighted by molar-refractivity contribution is -0.130. The first-order chi connectivity index (χ1) is 8.83. The molecule has 2 fully saturated rings. The third-order valence-electron chi connectivity index (χ3n) is 3.70. The molecule has 0 unspecified atom stereocenters. The number of nitrogens with one attached hydrogen (secondary N) is 1. The first-order valence-electron chi connectivity index (χ1n) is 6.45. The van der Waals surface area contributed by atoms with Crippen molar-refractivity contribution in [2.45, 2.75) is 19.1 Å². The lowest BCUT2D eigenvalue weighted by Gasteiger charge is -2.36. The van der Waals surface area contributed by atoms with Crippen LogP contribution in [0.4, 0.5) is 0 Å². The van der Waals surface area contributed by atoms with Gasteiger partial charge in [0, 0.05) is 19.6 Å². The van der Waals surface area contributed by atoms with Crippen LogP contribution >= 0.6 is 11.3 Å². The summed E-state index contributed by atoms with van der Waals surface area (Å²) >= 11 is 1.73. The van der Waals surface area contributed by atoms with E-state index < -0.39 is 0 Å². The van der Waals surface area contributed by atoms with Crippen LogP contribution in [0.2, 0.25) is 0 Å². The van der Waals surface area contributed by atoms with Gasteiger partial charge in [0.05, 0.1) is 18.6 Å². The summed E-state index contributed by atoms with van der Waals surface area (Å²) < 4.78 is 5.80. The van der Waals surface area contributed by atoms with Crippen LogP contribution in [0.1, 0.15) is 12.0 Å². The Labute approximate surface area is 111 Å². The average Bonchev–Trinajstić information content (AvgIpc) is 2.80. The summed E-state index contributed by atoms with van der Waals surface area (Å²) in [5, 5.41) is 7.22. The molecule has 1 aromatic rings. The lowest BCUT2D eigenvalue weighted by Crippen LogP contribution is -2.48. The van der Waals surface area contributed by atoms with Crippen molar-refractivity contribution in [3.8, 4) is 0 Å². The highest BCUT2D eigenvalue weighted by atomic mass is 32.1. The maximum atomic E-state index is 11.9. The van der Waals surface area contributed by atoms with Gasteiger partial charge in [-0.1, -0.05) is 0 Å². The van der Waals surface area contributed by atoms with Crippen molar-refractivity contribution in [3.63, 3.8) is 0 Å².